The van der Waals surface area contributed by atoms with Gasteiger partial charge in [0.25, 0.3) is 0 Å². The number of urea groups is 1. The van der Waals surface area contributed by atoms with Gasteiger partial charge in [0, 0.05) is 47.7 Å². The number of nitrogens with one attached hydrogen (secondary N) is 1. The van der Waals surface area contributed by atoms with Crippen molar-refractivity contribution in [2.75, 3.05) is 31.1 Å². The Morgan fingerprint density at radius 2 is 1.61 bits per heavy atom. The lowest BCUT2D eigenvalue weighted by molar-refractivity contribution is -0.0157. The highest BCUT2D eigenvalue weighted by molar-refractivity contribution is 7.14. The summed E-state index contributed by atoms with van der Waals surface area (Å²) in [6, 6.07) is 7.97. The molecule has 31 heavy (non-hydrogen) atoms. The Hall–Kier alpha value is -1.79. The molecule has 1 N–H and O–H groups in total. The predicted octanol–water partition coefficient (Wildman–Crippen LogP) is 5.26. The predicted molar refractivity (Wildman–Crippen MR) is 126 cm³/mol. The summed E-state index contributed by atoms with van der Waals surface area (Å²) >= 11 is 7.67. The molecule has 2 aromatic rings. The molecule has 1 aliphatic heterocycles. The van der Waals surface area contributed by atoms with E-state index in [-0.39, 0.29) is 11.6 Å². The lowest BCUT2D eigenvalue weighted by Crippen LogP contribution is -2.63. The number of rotatable bonds is 3. The molecule has 1 saturated heterocycles. The Kier molecular flexibility index (Phi) is 4.91. The first-order valence-electron chi connectivity index (χ1n) is 11.6. The number of carbonyl (C=O) groups excluding carboxylic acids is 1. The minimum absolute atomic E-state index is 0.0890. The third-order valence-corrected chi connectivity index (χ3v) is 9.03. The van der Waals surface area contributed by atoms with Crippen molar-refractivity contribution in [1.29, 1.82) is 0 Å². The molecule has 5 nitrogen and oxygen atoms in total. The molecule has 4 bridgehead atoms. The van der Waals surface area contributed by atoms with Crippen LogP contribution in [0.3, 0.4) is 0 Å². The molecule has 2 amide bonds. The molecule has 2 heterocycles. The summed E-state index contributed by atoms with van der Waals surface area (Å²) in [5.41, 5.74) is 2.16. The monoisotopic (exact) mass is 456 g/mol. The molecule has 0 spiro atoms. The summed E-state index contributed by atoms with van der Waals surface area (Å²) < 4.78 is 0. The van der Waals surface area contributed by atoms with Crippen molar-refractivity contribution >= 4 is 34.1 Å². The minimum Gasteiger partial charge on any atom is -0.345 e. The second kappa shape index (κ2) is 7.66. The number of aromatic nitrogens is 1. The molecular weight excluding hydrogens is 428 g/mol. The zero-order valence-corrected chi connectivity index (χ0v) is 19.3. The van der Waals surface area contributed by atoms with E-state index in [1.807, 2.05) is 29.2 Å². The second-order valence-corrected chi connectivity index (χ2v) is 11.4. The molecule has 1 aromatic carbocycles. The van der Waals surface area contributed by atoms with Gasteiger partial charge in [0.1, 0.15) is 0 Å². The van der Waals surface area contributed by atoms with Gasteiger partial charge in [-0.15, -0.1) is 11.3 Å². The maximum Gasteiger partial charge on any atom is 0.317 e. The van der Waals surface area contributed by atoms with E-state index >= 15 is 0 Å². The number of anilines is 1. The maximum absolute atomic E-state index is 13.1. The largest absolute Gasteiger partial charge is 0.345 e. The Morgan fingerprint density at radius 1 is 1.00 bits per heavy atom. The number of piperazine rings is 1. The first kappa shape index (κ1) is 19.9. The van der Waals surface area contributed by atoms with Crippen LogP contribution in [-0.4, -0.2) is 47.6 Å². The quantitative estimate of drug-likeness (QED) is 0.684. The van der Waals surface area contributed by atoms with Crippen molar-refractivity contribution in [1.82, 2.24) is 15.2 Å². The molecule has 5 fully saturated rings. The van der Waals surface area contributed by atoms with Crippen molar-refractivity contribution in [3.8, 4) is 11.3 Å². The van der Waals surface area contributed by atoms with Gasteiger partial charge >= 0.3 is 6.03 Å². The standard InChI is InChI=1S/C24H29ClN4OS/c25-20-3-1-19(2-4-20)21-15-31-23(26-21)29-7-5-28(6-8-29)22(30)27-24-12-16-9-17(13-24)11-18(10-16)14-24/h1-4,15-18H,5-14H2,(H,27,30). The summed E-state index contributed by atoms with van der Waals surface area (Å²) in [4.78, 5) is 22.3. The van der Waals surface area contributed by atoms with Crippen LogP contribution in [0.1, 0.15) is 38.5 Å². The first-order valence-corrected chi connectivity index (χ1v) is 12.8. The van der Waals surface area contributed by atoms with Gasteiger partial charge in [-0.3, -0.25) is 0 Å². The topological polar surface area (TPSA) is 48.5 Å². The van der Waals surface area contributed by atoms with Crippen LogP contribution >= 0.6 is 22.9 Å². The molecule has 4 aliphatic carbocycles. The van der Waals surface area contributed by atoms with Gasteiger partial charge < -0.3 is 15.1 Å². The molecule has 0 radical (unpaired) electrons. The van der Waals surface area contributed by atoms with Crippen molar-refractivity contribution in [2.24, 2.45) is 17.8 Å². The van der Waals surface area contributed by atoms with Gasteiger partial charge in [-0.1, -0.05) is 23.7 Å². The fraction of sp³-hybridized carbons (Fsp3) is 0.583. The van der Waals surface area contributed by atoms with Gasteiger partial charge in [0.15, 0.2) is 5.13 Å². The summed E-state index contributed by atoms with van der Waals surface area (Å²) in [5, 5.41) is 7.40. The Morgan fingerprint density at radius 3 is 2.23 bits per heavy atom. The fourth-order valence-electron chi connectivity index (χ4n) is 6.83. The van der Waals surface area contributed by atoms with Crippen LogP contribution in [0.4, 0.5) is 9.93 Å². The SMILES string of the molecule is O=C(NC12CC3CC(CC(C3)C1)C2)N1CCN(c2nc(-c3ccc(Cl)cc3)cs2)CC1. The van der Waals surface area contributed by atoms with E-state index in [1.165, 1.54) is 38.5 Å². The number of amides is 2. The third-order valence-electron chi connectivity index (χ3n) is 7.88. The van der Waals surface area contributed by atoms with Crippen LogP contribution in [-0.2, 0) is 0 Å². The van der Waals surface area contributed by atoms with Crippen molar-refractivity contribution in [3.63, 3.8) is 0 Å². The smallest absolute Gasteiger partial charge is 0.317 e. The van der Waals surface area contributed by atoms with E-state index in [4.69, 9.17) is 16.6 Å². The van der Waals surface area contributed by atoms with E-state index in [2.05, 4.69) is 15.6 Å². The van der Waals surface area contributed by atoms with Gasteiger partial charge in [-0.25, -0.2) is 9.78 Å². The number of halogens is 1. The molecule has 0 unspecified atom stereocenters. The van der Waals surface area contributed by atoms with Crippen molar-refractivity contribution < 1.29 is 4.79 Å². The van der Waals surface area contributed by atoms with Crippen LogP contribution in [0.25, 0.3) is 11.3 Å². The molecule has 7 rings (SSSR count). The lowest BCUT2D eigenvalue weighted by atomic mass is 9.53. The maximum atomic E-state index is 13.1. The number of hydrogen-bond donors (Lipinski definition) is 1. The van der Waals surface area contributed by atoms with E-state index in [0.717, 1.165) is 65.3 Å². The zero-order chi connectivity index (χ0) is 21.0. The fourth-order valence-corrected chi connectivity index (χ4v) is 7.85. The van der Waals surface area contributed by atoms with Crippen LogP contribution in [0.5, 0.6) is 0 Å². The minimum atomic E-state index is 0.0890. The zero-order valence-electron chi connectivity index (χ0n) is 17.7. The van der Waals surface area contributed by atoms with Crippen molar-refractivity contribution in [2.45, 2.75) is 44.1 Å². The first-order chi connectivity index (χ1) is 15.1. The number of carbonyl (C=O) groups is 1. The normalized spacial score (nSPS) is 31.8. The second-order valence-electron chi connectivity index (χ2n) is 10.1. The van der Waals surface area contributed by atoms with E-state index < -0.39 is 0 Å². The Bertz CT molecular complexity index is 931. The Labute approximate surface area is 192 Å². The summed E-state index contributed by atoms with van der Waals surface area (Å²) in [5.74, 6) is 2.55. The lowest BCUT2D eigenvalue weighted by Gasteiger charge is -2.57. The number of hydrogen-bond acceptors (Lipinski definition) is 4. The highest BCUT2D eigenvalue weighted by Crippen LogP contribution is 2.55. The average Bonchev–Trinajstić information content (AvgIpc) is 3.23. The van der Waals surface area contributed by atoms with Crippen LogP contribution in [0, 0.1) is 17.8 Å². The summed E-state index contributed by atoms with van der Waals surface area (Å²) in [7, 11) is 0. The molecule has 5 aliphatic rings. The average molecular weight is 457 g/mol. The molecule has 7 heteroatoms. The number of thiazole rings is 1. The van der Waals surface area contributed by atoms with E-state index in [0.29, 0.717) is 0 Å². The number of nitrogens with zero attached hydrogens (tertiary/aromatic N) is 3. The molecule has 4 saturated carbocycles. The van der Waals surface area contributed by atoms with Crippen LogP contribution in [0.15, 0.2) is 29.6 Å². The van der Waals surface area contributed by atoms with Gasteiger partial charge in [-0.05, 0) is 68.4 Å². The summed E-state index contributed by atoms with van der Waals surface area (Å²) in [6.45, 7) is 3.19. The van der Waals surface area contributed by atoms with E-state index in [9.17, 15) is 4.79 Å². The van der Waals surface area contributed by atoms with Crippen LogP contribution < -0.4 is 10.2 Å². The van der Waals surface area contributed by atoms with Gasteiger partial charge in [0.2, 0.25) is 0 Å². The molecular formula is C24H29ClN4OS. The van der Waals surface area contributed by atoms with Crippen molar-refractivity contribution in [3.05, 3.63) is 34.7 Å². The highest BCUT2D eigenvalue weighted by atomic mass is 35.5. The Balaban J connectivity index is 1.06. The molecule has 1 aromatic heterocycles. The van der Waals surface area contributed by atoms with Crippen LogP contribution in [0.2, 0.25) is 5.02 Å². The van der Waals surface area contributed by atoms with Gasteiger partial charge in [0.05, 0.1) is 5.69 Å². The van der Waals surface area contributed by atoms with Gasteiger partial charge in [-0.2, -0.15) is 0 Å². The highest BCUT2D eigenvalue weighted by Gasteiger charge is 2.51. The van der Waals surface area contributed by atoms with E-state index in [1.54, 1.807) is 11.3 Å². The molecule has 0 atom stereocenters. The molecule has 164 valence electrons. The third kappa shape index (κ3) is 3.82. The number of benzene rings is 1. The summed E-state index contributed by atoms with van der Waals surface area (Å²) in [6.07, 6.45) is 7.82.